The van der Waals surface area contributed by atoms with E-state index in [0.29, 0.717) is 18.1 Å². The Kier molecular flexibility index (Phi) is 4.29. The highest BCUT2D eigenvalue weighted by Crippen LogP contribution is 2.21. The lowest BCUT2D eigenvalue weighted by Gasteiger charge is -2.05. The molecule has 0 bridgehead atoms. The highest BCUT2D eigenvalue weighted by molar-refractivity contribution is 7.09. The highest BCUT2D eigenvalue weighted by Gasteiger charge is 2.08. The van der Waals surface area contributed by atoms with Crippen molar-refractivity contribution < 1.29 is 9.32 Å². The number of aromatic nitrogens is 2. The first-order valence-electron chi connectivity index (χ1n) is 6.94. The van der Waals surface area contributed by atoms with E-state index in [9.17, 15) is 4.79 Å². The molecule has 1 amide bonds. The first-order valence-corrected chi connectivity index (χ1v) is 7.81. The standard InChI is InChI=1S/C16H15N3O2S/c1-11-17-16(21-19-11)12-4-2-5-13(10-12)18-15(20)8-7-14-6-3-9-22-14/h2-6,9-10H,7-8H2,1H3,(H,18,20). The third-order valence-corrected chi connectivity index (χ3v) is 4.04. The zero-order valence-corrected chi connectivity index (χ0v) is 12.9. The Labute approximate surface area is 132 Å². The number of thiophene rings is 1. The van der Waals surface area contributed by atoms with Crippen molar-refractivity contribution in [2.45, 2.75) is 19.8 Å². The number of rotatable bonds is 5. The molecule has 3 aromatic rings. The molecule has 0 radical (unpaired) electrons. The molecule has 0 aliphatic heterocycles. The molecule has 0 spiro atoms. The minimum Gasteiger partial charge on any atom is -0.334 e. The summed E-state index contributed by atoms with van der Waals surface area (Å²) >= 11 is 1.67. The Hall–Kier alpha value is -2.47. The molecule has 6 heteroatoms. The minimum absolute atomic E-state index is 0.00717. The van der Waals surface area contributed by atoms with E-state index in [0.717, 1.165) is 17.7 Å². The monoisotopic (exact) mass is 313 g/mol. The molecule has 5 nitrogen and oxygen atoms in total. The van der Waals surface area contributed by atoms with E-state index in [4.69, 9.17) is 4.52 Å². The van der Waals surface area contributed by atoms with E-state index >= 15 is 0 Å². The van der Waals surface area contributed by atoms with Crippen molar-refractivity contribution in [2.24, 2.45) is 0 Å². The van der Waals surface area contributed by atoms with E-state index in [1.807, 2.05) is 41.8 Å². The summed E-state index contributed by atoms with van der Waals surface area (Å²) in [6.45, 7) is 1.77. The summed E-state index contributed by atoms with van der Waals surface area (Å²) in [7, 11) is 0. The van der Waals surface area contributed by atoms with Gasteiger partial charge in [0.05, 0.1) is 0 Å². The van der Waals surface area contributed by atoms with Gasteiger partial charge in [0.15, 0.2) is 5.82 Å². The number of nitrogens with zero attached hydrogens (tertiary/aromatic N) is 2. The van der Waals surface area contributed by atoms with Gasteiger partial charge in [-0.05, 0) is 43.0 Å². The van der Waals surface area contributed by atoms with Crippen molar-refractivity contribution in [3.8, 4) is 11.5 Å². The molecule has 3 rings (SSSR count). The van der Waals surface area contributed by atoms with Crippen LogP contribution in [0.1, 0.15) is 17.1 Å². The van der Waals surface area contributed by atoms with Crippen molar-refractivity contribution in [3.63, 3.8) is 0 Å². The molecule has 1 N–H and O–H groups in total. The topological polar surface area (TPSA) is 68.0 Å². The molecular weight excluding hydrogens is 298 g/mol. The van der Waals surface area contributed by atoms with Crippen LogP contribution < -0.4 is 5.32 Å². The maximum absolute atomic E-state index is 12.0. The summed E-state index contributed by atoms with van der Waals surface area (Å²) in [5.74, 6) is 1.03. The fourth-order valence-corrected chi connectivity index (χ4v) is 2.77. The van der Waals surface area contributed by atoms with Crippen LogP contribution in [0.3, 0.4) is 0 Å². The lowest BCUT2D eigenvalue weighted by molar-refractivity contribution is -0.116. The predicted molar refractivity (Wildman–Crippen MR) is 85.7 cm³/mol. The fourth-order valence-electron chi connectivity index (χ4n) is 2.06. The van der Waals surface area contributed by atoms with Crippen LogP contribution in [0.5, 0.6) is 0 Å². The van der Waals surface area contributed by atoms with Crippen molar-refractivity contribution in [1.29, 1.82) is 0 Å². The Morgan fingerprint density at radius 2 is 2.23 bits per heavy atom. The largest absolute Gasteiger partial charge is 0.334 e. The zero-order valence-electron chi connectivity index (χ0n) is 12.1. The summed E-state index contributed by atoms with van der Waals surface area (Å²) in [6.07, 6.45) is 1.22. The van der Waals surface area contributed by atoms with Gasteiger partial charge in [0.1, 0.15) is 0 Å². The minimum atomic E-state index is -0.00717. The summed E-state index contributed by atoms with van der Waals surface area (Å²) in [5, 5.41) is 8.68. The van der Waals surface area contributed by atoms with Gasteiger partial charge < -0.3 is 9.84 Å². The lowest BCUT2D eigenvalue weighted by atomic mass is 10.2. The van der Waals surface area contributed by atoms with Crippen LogP contribution in [-0.4, -0.2) is 16.0 Å². The summed E-state index contributed by atoms with van der Waals surface area (Å²) in [6, 6.07) is 11.4. The zero-order chi connectivity index (χ0) is 15.4. The second-order valence-electron chi connectivity index (χ2n) is 4.86. The van der Waals surface area contributed by atoms with Crippen molar-refractivity contribution in [1.82, 2.24) is 10.1 Å². The Morgan fingerprint density at radius 1 is 1.32 bits per heavy atom. The summed E-state index contributed by atoms with van der Waals surface area (Å²) < 4.78 is 5.13. The third-order valence-electron chi connectivity index (χ3n) is 3.10. The predicted octanol–water partition coefficient (Wildman–Crippen LogP) is 3.68. The molecule has 2 aromatic heterocycles. The van der Waals surface area contributed by atoms with E-state index < -0.39 is 0 Å². The third kappa shape index (κ3) is 3.59. The molecule has 22 heavy (non-hydrogen) atoms. The molecule has 112 valence electrons. The van der Waals surface area contributed by atoms with Gasteiger partial charge in [-0.2, -0.15) is 4.98 Å². The molecule has 2 heterocycles. The Balaban J connectivity index is 1.63. The molecule has 1 aromatic carbocycles. The van der Waals surface area contributed by atoms with Crippen LogP contribution in [0.25, 0.3) is 11.5 Å². The lowest BCUT2D eigenvalue weighted by Crippen LogP contribution is -2.12. The number of anilines is 1. The van der Waals surface area contributed by atoms with Gasteiger partial charge in [0.25, 0.3) is 5.89 Å². The summed E-state index contributed by atoms with van der Waals surface area (Å²) in [5.41, 5.74) is 1.51. The molecule has 0 aliphatic rings. The van der Waals surface area contributed by atoms with E-state index in [1.54, 1.807) is 18.3 Å². The normalized spacial score (nSPS) is 10.6. The number of hydrogen-bond acceptors (Lipinski definition) is 5. The van der Waals surface area contributed by atoms with Crippen molar-refractivity contribution in [3.05, 3.63) is 52.5 Å². The van der Waals surface area contributed by atoms with Crippen LogP contribution in [0.4, 0.5) is 5.69 Å². The number of benzene rings is 1. The number of nitrogens with one attached hydrogen (secondary N) is 1. The van der Waals surface area contributed by atoms with Crippen LogP contribution >= 0.6 is 11.3 Å². The average Bonchev–Trinajstić information content (AvgIpc) is 3.17. The van der Waals surface area contributed by atoms with Gasteiger partial charge in [-0.25, -0.2) is 0 Å². The Morgan fingerprint density at radius 3 is 2.95 bits per heavy atom. The Bertz CT molecular complexity index is 765. The molecule has 0 unspecified atom stereocenters. The van der Waals surface area contributed by atoms with Crippen LogP contribution in [0.15, 0.2) is 46.3 Å². The quantitative estimate of drug-likeness (QED) is 0.780. The maximum atomic E-state index is 12.0. The van der Waals surface area contributed by atoms with Crippen molar-refractivity contribution in [2.75, 3.05) is 5.32 Å². The van der Waals surface area contributed by atoms with Crippen LogP contribution in [0.2, 0.25) is 0 Å². The van der Waals surface area contributed by atoms with Gasteiger partial charge >= 0.3 is 0 Å². The number of carbonyl (C=O) groups is 1. The van der Waals surface area contributed by atoms with Crippen molar-refractivity contribution >= 4 is 22.9 Å². The maximum Gasteiger partial charge on any atom is 0.257 e. The molecule has 0 saturated heterocycles. The number of amides is 1. The SMILES string of the molecule is Cc1noc(-c2cccc(NC(=O)CCc3cccs3)c2)n1. The first-order chi connectivity index (χ1) is 10.7. The van der Waals surface area contributed by atoms with E-state index in [2.05, 4.69) is 15.5 Å². The first kappa shape index (κ1) is 14.5. The van der Waals surface area contributed by atoms with Gasteiger partial charge in [-0.3, -0.25) is 4.79 Å². The molecule has 0 atom stereocenters. The molecule has 0 saturated carbocycles. The fraction of sp³-hybridized carbons (Fsp3) is 0.188. The van der Waals surface area contributed by atoms with Gasteiger partial charge in [0.2, 0.25) is 5.91 Å². The molecule has 0 aliphatic carbocycles. The second-order valence-corrected chi connectivity index (χ2v) is 5.89. The number of hydrogen-bond donors (Lipinski definition) is 1. The van der Waals surface area contributed by atoms with Gasteiger partial charge in [-0.15, -0.1) is 11.3 Å². The molecular formula is C16H15N3O2S. The van der Waals surface area contributed by atoms with E-state index in [-0.39, 0.29) is 5.91 Å². The van der Waals surface area contributed by atoms with Gasteiger partial charge in [-0.1, -0.05) is 17.3 Å². The average molecular weight is 313 g/mol. The number of aryl methyl sites for hydroxylation is 2. The second kappa shape index (κ2) is 6.53. The van der Waals surface area contributed by atoms with E-state index in [1.165, 1.54) is 4.88 Å². The van der Waals surface area contributed by atoms with Crippen LogP contribution in [-0.2, 0) is 11.2 Å². The molecule has 0 fully saturated rings. The number of carbonyl (C=O) groups excluding carboxylic acids is 1. The highest BCUT2D eigenvalue weighted by atomic mass is 32.1. The van der Waals surface area contributed by atoms with Crippen LogP contribution in [0, 0.1) is 6.92 Å². The van der Waals surface area contributed by atoms with Gasteiger partial charge in [0, 0.05) is 22.5 Å². The summed E-state index contributed by atoms with van der Waals surface area (Å²) in [4.78, 5) is 17.4. The smallest absolute Gasteiger partial charge is 0.257 e.